The molecule has 0 spiro atoms. The zero-order chi connectivity index (χ0) is 30.4. The first kappa shape index (κ1) is 28.5. The van der Waals surface area contributed by atoms with Crippen molar-refractivity contribution in [3.8, 4) is 17.2 Å². The second kappa shape index (κ2) is 11.2. The van der Waals surface area contributed by atoms with Crippen molar-refractivity contribution in [1.82, 2.24) is 4.98 Å². The number of benzene rings is 3. The van der Waals surface area contributed by atoms with Crippen LogP contribution in [0.4, 0.5) is 5.13 Å². The zero-order valence-corrected chi connectivity index (χ0v) is 25.3. The number of Topliss-reactive ketones (excluding diaryl/α,β-unsaturated/α-hetero) is 1. The number of rotatable bonds is 8. The summed E-state index contributed by atoms with van der Waals surface area (Å²) in [4.78, 5) is 33.8. The molecular formula is C34H32N2O6S. The summed E-state index contributed by atoms with van der Waals surface area (Å²) in [5.74, 6) is -0.107. The molecule has 8 nitrogen and oxygen atoms in total. The van der Waals surface area contributed by atoms with E-state index in [1.165, 1.54) is 16.2 Å². The van der Waals surface area contributed by atoms with Crippen LogP contribution in [0.1, 0.15) is 47.7 Å². The summed E-state index contributed by atoms with van der Waals surface area (Å²) < 4.78 is 18.4. The van der Waals surface area contributed by atoms with Crippen LogP contribution in [0.2, 0.25) is 0 Å². The lowest BCUT2D eigenvalue weighted by molar-refractivity contribution is -0.132. The third-order valence-electron chi connectivity index (χ3n) is 7.58. The van der Waals surface area contributed by atoms with Crippen molar-refractivity contribution in [3.63, 3.8) is 0 Å². The van der Waals surface area contributed by atoms with E-state index in [1.807, 2.05) is 45.9 Å². The number of ketones is 1. The van der Waals surface area contributed by atoms with Crippen LogP contribution in [-0.2, 0) is 16.0 Å². The van der Waals surface area contributed by atoms with E-state index >= 15 is 0 Å². The summed E-state index contributed by atoms with van der Waals surface area (Å²) >= 11 is 1.34. The van der Waals surface area contributed by atoms with Gasteiger partial charge < -0.3 is 19.3 Å². The first-order valence-electron chi connectivity index (χ1n) is 14.2. The van der Waals surface area contributed by atoms with Crippen LogP contribution in [-0.4, -0.2) is 41.1 Å². The molecule has 9 heteroatoms. The molecule has 1 fully saturated rings. The van der Waals surface area contributed by atoms with Gasteiger partial charge in [-0.25, -0.2) is 4.98 Å². The monoisotopic (exact) mass is 596 g/mol. The Bertz CT molecular complexity index is 1820. The highest BCUT2D eigenvalue weighted by Crippen LogP contribution is 2.46. The quantitative estimate of drug-likeness (QED) is 0.103. The summed E-state index contributed by atoms with van der Waals surface area (Å²) in [7, 11) is 0. The molecule has 0 radical (unpaired) electrons. The average molecular weight is 597 g/mol. The SMILES string of the molecule is C=CCOc1ccc(C2C(=C(O)c3ccc4c(c3)CC(C)O4)C(=O)C(=O)N2c2nc3c(C)cc(C)cc3s2)cc1OCC. The molecular weight excluding hydrogens is 564 g/mol. The highest BCUT2D eigenvalue weighted by atomic mass is 32.1. The molecule has 4 aromatic rings. The van der Waals surface area contributed by atoms with Gasteiger partial charge in [-0.3, -0.25) is 14.5 Å². The topological polar surface area (TPSA) is 98.2 Å². The second-order valence-corrected chi connectivity index (χ2v) is 11.8. The summed E-state index contributed by atoms with van der Waals surface area (Å²) in [6.07, 6.45) is 2.34. The van der Waals surface area contributed by atoms with E-state index in [9.17, 15) is 14.7 Å². The van der Waals surface area contributed by atoms with Crippen molar-refractivity contribution in [3.05, 3.63) is 94.6 Å². The molecule has 0 aliphatic carbocycles. The van der Waals surface area contributed by atoms with Gasteiger partial charge in [0.15, 0.2) is 16.6 Å². The number of aromatic nitrogens is 1. The van der Waals surface area contributed by atoms with Gasteiger partial charge in [0.25, 0.3) is 5.78 Å². The van der Waals surface area contributed by atoms with Crippen molar-refractivity contribution in [2.24, 2.45) is 0 Å². The van der Waals surface area contributed by atoms with Crippen LogP contribution < -0.4 is 19.1 Å². The number of aliphatic hydroxyl groups excluding tert-OH is 1. The number of nitrogens with zero attached hydrogens (tertiary/aromatic N) is 2. The number of fused-ring (bicyclic) bond motifs is 2. The first-order valence-corrected chi connectivity index (χ1v) is 15.0. The van der Waals surface area contributed by atoms with Gasteiger partial charge in [-0.2, -0.15) is 0 Å². The Kier molecular flexibility index (Phi) is 7.43. The Morgan fingerprint density at radius 2 is 1.95 bits per heavy atom. The standard InChI is InChI=1S/C34H32N2O6S/c1-6-12-41-25-11-8-21(17-26(25)40-7-2)30-28(31(37)22-9-10-24-23(16-22)15-20(5)42-24)32(38)33(39)36(30)34-35-29-19(4)13-18(3)14-27(29)43-34/h6,8-11,13-14,16-17,20,30,37H,1,7,12,15H2,2-5H3. The molecule has 2 unspecified atom stereocenters. The number of hydrogen-bond donors (Lipinski definition) is 1. The van der Waals surface area contributed by atoms with E-state index in [2.05, 4.69) is 6.58 Å². The number of carbonyl (C=O) groups is 2. The number of amides is 1. The summed E-state index contributed by atoms with van der Waals surface area (Å²) in [5, 5.41) is 12.1. The highest BCUT2D eigenvalue weighted by molar-refractivity contribution is 7.22. The summed E-state index contributed by atoms with van der Waals surface area (Å²) in [5.41, 5.74) is 4.73. The maximum absolute atomic E-state index is 13.8. The maximum Gasteiger partial charge on any atom is 0.301 e. The van der Waals surface area contributed by atoms with Crippen molar-refractivity contribution in [2.75, 3.05) is 18.1 Å². The number of carbonyl (C=O) groups excluding carboxylic acids is 2. The molecule has 3 heterocycles. The number of thiazole rings is 1. The fourth-order valence-electron chi connectivity index (χ4n) is 5.76. The van der Waals surface area contributed by atoms with Gasteiger partial charge in [0.05, 0.1) is 28.4 Å². The molecule has 2 aliphatic heterocycles. The highest BCUT2D eigenvalue weighted by Gasteiger charge is 2.48. The lowest BCUT2D eigenvalue weighted by Crippen LogP contribution is -2.29. The minimum atomic E-state index is -0.960. The Morgan fingerprint density at radius 1 is 1.14 bits per heavy atom. The molecule has 43 heavy (non-hydrogen) atoms. The predicted molar refractivity (Wildman–Crippen MR) is 167 cm³/mol. The maximum atomic E-state index is 13.8. The molecule has 2 atom stereocenters. The molecule has 0 saturated carbocycles. The molecule has 0 bridgehead atoms. The zero-order valence-electron chi connectivity index (χ0n) is 24.5. The van der Waals surface area contributed by atoms with Crippen molar-refractivity contribution in [2.45, 2.75) is 46.3 Å². The third kappa shape index (κ3) is 5.03. The number of ether oxygens (including phenoxy) is 3. The van der Waals surface area contributed by atoms with Gasteiger partial charge in [0, 0.05) is 12.0 Å². The van der Waals surface area contributed by atoms with Crippen molar-refractivity contribution >= 4 is 44.1 Å². The Balaban J connectivity index is 1.55. The molecule has 1 N–H and O–H groups in total. The number of aryl methyl sites for hydroxylation is 2. The van der Waals surface area contributed by atoms with E-state index in [1.54, 1.807) is 36.4 Å². The van der Waals surface area contributed by atoms with Crippen LogP contribution in [0.3, 0.4) is 0 Å². The molecule has 1 saturated heterocycles. The Morgan fingerprint density at radius 3 is 2.72 bits per heavy atom. The Hall–Kier alpha value is -4.63. The van der Waals surface area contributed by atoms with Crippen LogP contribution >= 0.6 is 11.3 Å². The van der Waals surface area contributed by atoms with Gasteiger partial charge in [-0.1, -0.05) is 36.1 Å². The van der Waals surface area contributed by atoms with Crippen LogP contribution in [0.25, 0.3) is 16.0 Å². The molecule has 3 aromatic carbocycles. The third-order valence-corrected chi connectivity index (χ3v) is 8.58. The predicted octanol–water partition coefficient (Wildman–Crippen LogP) is 6.83. The lowest BCUT2D eigenvalue weighted by Gasteiger charge is -2.24. The number of hydrogen-bond acceptors (Lipinski definition) is 8. The first-order chi connectivity index (χ1) is 20.7. The van der Waals surface area contributed by atoms with Gasteiger partial charge in [-0.15, -0.1) is 0 Å². The van der Waals surface area contributed by atoms with Crippen molar-refractivity contribution < 1.29 is 28.9 Å². The van der Waals surface area contributed by atoms with E-state index in [-0.39, 0.29) is 24.0 Å². The molecule has 1 aromatic heterocycles. The fraction of sp³-hybridized carbons (Fsp3) is 0.265. The largest absolute Gasteiger partial charge is 0.507 e. The minimum Gasteiger partial charge on any atom is -0.507 e. The molecule has 220 valence electrons. The Labute approximate surface area is 253 Å². The summed E-state index contributed by atoms with van der Waals surface area (Å²) in [6.45, 7) is 12.2. The molecule has 2 aliphatic rings. The van der Waals surface area contributed by atoms with Crippen LogP contribution in [0.15, 0.2) is 66.8 Å². The molecule has 6 rings (SSSR count). The number of aliphatic hydroxyl groups is 1. The summed E-state index contributed by atoms with van der Waals surface area (Å²) in [6, 6.07) is 13.7. The average Bonchev–Trinajstić information content (AvgIpc) is 3.64. The number of anilines is 1. The fourth-order valence-corrected chi connectivity index (χ4v) is 6.93. The van der Waals surface area contributed by atoms with Gasteiger partial charge in [0.2, 0.25) is 0 Å². The van der Waals surface area contributed by atoms with E-state index in [4.69, 9.17) is 19.2 Å². The van der Waals surface area contributed by atoms with E-state index in [0.29, 0.717) is 40.8 Å². The molecule has 1 amide bonds. The van der Waals surface area contributed by atoms with Crippen molar-refractivity contribution in [1.29, 1.82) is 0 Å². The van der Waals surface area contributed by atoms with E-state index in [0.717, 1.165) is 32.7 Å². The second-order valence-electron chi connectivity index (χ2n) is 10.8. The minimum absolute atomic E-state index is 0.0166. The van der Waals surface area contributed by atoms with Crippen LogP contribution in [0.5, 0.6) is 17.2 Å². The van der Waals surface area contributed by atoms with Crippen LogP contribution in [0, 0.1) is 13.8 Å². The normalized spacial score (nSPS) is 19.0. The van der Waals surface area contributed by atoms with Gasteiger partial charge >= 0.3 is 5.91 Å². The smallest absolute Gasteiger partial charge is 0.301 e. The van der Waals surface area contributed by atoms with E-state index < -0.39 is 17.7 Å². The van der Waals surface area contributed by atoms with Gasteiger partial charge in [0.1, 0.15) is 24.2 Å². The lowest BCUT2D eigenvalue weighted by atomic mass is 9.94. The van der Waals surface area contributed by atoms with Gasteiger partial charge in [-0.05, 0) is 86.3 Å².